The maximum absolute atomic E-state index is 2.24. The summed E-state index contributed by atoms with van der Waals surface area (Å²) in [5.41, 5.74) is 0. The molecule has 3 rings (SSSR count). The van der Waals surface area contributed by atoms with Gasteiger partial charge in [-0.1, -0.05) is 70.6 Å². The van der Waals surface area contributed by atoms with E-state index in [1.807, 2.05) is 0 Å². The third kappa shape index (κ3) is 11.7. The molecule has 0 nitrogen and oxygen atoms in total. The fourth-order valence-electron chi connectivity index (χ4n) is 2.36. The Balaban J connectivity index is 0.000000205. The molecule has 0 N–H and O–H groups in total. The van der Waals surface area contributed by atoms with Crippen LogP contribution < -0.4 is 0 Å². The summed E-state index contributed by atoms with van der Waals surface area (Å²) in [6, 6.07) is 0. The summed E-state index contributed by atoms with van der Waals surface area (Å²) in [5, 5.41) is 0. The van der Waals surface area contributed by atoms with Gasteiger partial charge in [-0.05, 0) is 25.7 Å². The first-order valence-corrected chi connectivity index (χ1v) is 7.15. The zero-order valence-corrected chi connectivity index (χ0v) is 12.5. The predicted molar refractivity (Wildman–Crippen MR) is 68.6 cm³/mol. The van der Waals surface area contributed by atoms with Crippen LogP contribution in [0.5, 0.6) is 0 Å². The third-order valence-corrected chi connectivity index (χ3v) is 3.41. The van der Waals surface area contributed by atoms with Gasteiger partial charge in [0.2, 0.25) is 0 Å². The number of hydrogen-bond donors (Lipinski definition) is 0. The third-order valence-electron chi connectivity index (χ3n) is 3.41. The van der Waals surface area contributed by atoms with Crippen LogP contribution in [0.2, 0.25) is 0 Å². The van der Waals surface area contributed by atoms with Crippen LogP contribution in [0.4, 0.5) is 0 Å². The van der Waals surface area contributed by atoms with Crippen LogP contribution in [0.1, 0.15) is 83.5 Å². The van der Waals surface area contributed by atoms with Crippen molar-refractivity contribution in [1.82, 2.24) is 0 Å². The normalized spacial score (nSPS) is 22.5. The first-order valence-electron chi connectivity index (χ1n) is 7.15. The van der Waals surface area contributed by atoms with Gasteiger partial charge in [-0.15, -0.1) is 0 Å². The van der Waals surface area contributed by atoms with Crippen molar-refractivity contribution in [3.63, 3.8) is 0 Å². The maximum Gasteiger partial charge on any atom is 0 e. The molecule has 0 aliphatic heterocycles. The number of hydrogen-bond acceptors (Lipinski definition) is 0. The maximum atomic E-state index is 2.24. The van der Waals surface area contributed by atoms with E-state index >= 15 is 0 Å². The Morgan fingerprint density at radius 1 is 0.375 bits per heavy atom. The second-order valence-corrected chi connectivity index (χ2v) is 4.94. The van der Waals surface area contributed by atoms with Crippen molar-refractivity contribution in [2.45, 2.75) is 83.5 Å². The largest absolute Gasteiger partial charge is 0.0533 e. The van der Waals surface area contributed by atoms with Crippen molar-refractivity contribution < 1.29 is 37.3 Å². The van der Waals surface area contributed by atoms with Crippen molar-refractivity contribution in [1.29, 1.82) is 0 Å². The van der Waals surface area contributed by atoms with Gasteiger partial charge >= 0.3 is 0 Å². The first-order chi connectivity index (χ1) is 7.50. The fourth-order valence-corrected chi connectivity index (χ4v) is 2.36. The number of rotatable bonds is 0. The van der Waals surface area contributed by atoms with Crippen molar-refractivity contribution in [3.8, 4) is 0 Å². The van der Waals surface area contributed by atoms with E-state index < -0.39 is 0 Å². The molecule has 3 fully saturated rings. The summed E-state index contributed by atoms with van der Waals surface area (Å²) < 4.78 is 0. The van der Waals surface area contributed by atoms with Crippen LogP contribution in [0.3, 0.4) is 0 Å². The molecule has 0 bridgehead atoms. The van der Waals surface area contributed by atoms with Crippen LogP contribution in [0.25, 0.3) is 0 Å². The molecule has 0 aromatic heterocycles. The molecular weight excluding hydrogens is 347 g/mol. The van der Waals surface area contributed by atoms with Gasteiger partial charge in [-0.25, -0.2) is 0 Å². The van der Waals surface area contributed by atoms with E-state index in [4.69, 9.17) is 0 Å². The zero-order valence-electron chi connectivity index (χ0n) is 10.6. The SMILES string of the molecule is C1CCCC1.C1CCCC1.[CH]1[CH]CCC1.[Er]. The molecular formula is C15H28Er. The molecule has 3 aliphatic rings. The average molecular weight is 376 g/mol. The van der Waals surface area contributed by atoms with Crippen molar-refractivity contribution in [2.24, 2.45) is 0 Å². The summed E-state index contributed by atoms with van der Waals surface area (Å²) >= 11 is 0. The minimum absolute atomic E-state index is 0. The summed E-state index contributed by atoms with van der Waals surface area (Å²) in [4.78, 5) is 0. The van der Waals surface area contributed by atoms with Crippen LogP contribution >= 0.6 is 0 Å². The Morgan fingerprint density at radius 3 is 0.750 bits per heavy atom. The van der Waals surface area contributed by atoms with E-state index in [0.717, 1.165) is 0 Å². The van der Waals surface area contributed by atoms with Crippen molar-refractivity contribution in [2.75, 3.05) is 0 Å². The van der Waals surface area contributed by atoms with Gasteiger partial charge in [0.1, 0.15) is 0 Å². The zero-order chi connectivity index (χ0) is 10.6. The van der Waals surface area contributed by atoms with E-state index in [1.54, 1.807) is 0 Å². The standard InChI is InChI=1S/2C5H10.C5H8.Er/c3*1-2-4-5-3-1;/h2*1-5H2;1-2H,3-5H2;. The van der Waals surface area contributed by atoms with Crippen LogP contribution in [-0.4, -0.2) is 0 Å². The van der Waals surface area contributed by atoms with Crippen LogP contribution in [-0.2, 0) is 0 Å². The Bertz CT molecular complexity index is 64.0. The topological polar surface area (TPSA) is 0 Å². The summed E-state index contributed by atoms with van der Waals surface area (Å²) in [6.07, 6.45) is 23.5. The van der Waals surface area contributed by atoms with Crippen molar-refractivity contribution >= 4 is 0 Å². The van der Waals surface area contributed by atoms with Gasteiger partial charge in [0.15, 0.2) is 0 Å². The van der Waals surface area contributed by atoms with E-state index in [-0.39, 0.29) is 37.3 Å². The Hall–Kier alpha value is 1.25. The van der Waals surface area contributed by atoms with E-state index in [1.165, 1.54) is 83.5 Å². The molecule has 3 saturated carbocycles. The minimum atomic E-state index is 0. The molecule has 100 valence electrons. The monoisotopic (exact) mass is 374 g/mol. The molecule has 2 radical (unpaired) electrons. The molecule has 0 heterocycles. The van der Waals surface area contributed by atoms with E-state index in [9.17, 15) is 0 Å². The predicted octanol–water partition coefficient (Wildman–Crippen LogP) is 5.48. The Kier molecular flexibility index (Phi) is 15.4. The smallest absolute Gasteiger partial charge is 0 e. The molecule has 1 heteroatoms. The summed E-state index contributed by atoms with van der Waals surface area (Å²) in [7, 11) is 0. The fraction of sp³-hybridized carbons (Fsp3) is 0.867. The van der Waals surface area contributed by atoms with E-state index in [0.29, 0.717) is 0 Å². The molecule has 16 heavy (non-hydrogen) atoms. The van der Waals surface area contributed by atoms with Gasteiger partial charge < -0.3 is 0 Å². The Labute approximate surface area is 133 Å². The quantitative estimate of drug-likeness (QED) is 0.526. The first kappa shape index (κ1) is 17.2. The van der Waals surface area contributed by atoms with Crippen LogP contribution in [0.15, 0.2) is 0 Å². The van der Waals surface area contributed by atoms with E-state index in [2.05, 4.69) is 12.8 Å². The van der Waals surface area contributed by atoms with Gasteiger partial charge in [0, 0.05) is 37.3 Å². The van der Waals surface area contributed by atoms with Gasteiger partial charge in [-0.3, -0.25) is 0 Å². The van der Waals surface area contributed by atoms with Gasteiger partial charge in [0.25, 0.3) is 0 Å². The molecule has 0 spiro atoms. The Morgan fingerprint density at radius 2 is 0.625 bits per heavy atom. The average Bonchev–Trinajstić information content (AvgIpc) is 3.09. The van der Waals surface area contributed by atoms with Gasteiger partial charge in [-0.2, -0.15) is 0 Å². The molecule has 0 unspecified atom stereocenters. The molecule has 3 aliphatic carbocycles. The minimum Gasteiger partial charge on any atom is -0.0533 e. The van der Waals surface area contributed by atoms with Gasteiger partial charge in [0.05, 0.1) is 0 Å². The molecule has 0 aromatic rings. The summed E-state index contributed by atoms with van der Waals surface area (Å²) in [6.45, 7) is 0. The molecule has 0 aromatic carbocycles. The van der Waals surface area contributed by atoms with Crippen LogP contribution in [0, 0.1) is 50.1 Å². The second kappa shape index (κ2) is 14.3. The summed E-state index contributed by atoms with van der Waals surface area (Å²) in [5.74, 6) is 0. The molecule has 0 amide bonds. The second-order valence-electron chi connectivity index (χ2n) is 4.94. The molecule has 0 atom stereocenters. The molecule has 0 saturated heterocycles. The van der Waals surface area contributed by atoms with Crippen molar-refractivity contribution in [3.05, 3.63) is 12.8 Å².